The highest BCUT2D eigenvalue weighted by atomic mass is 32.2. The predicted octanol–water partition coefficient (Wildman–Crippen LogP) is -0.319. The summed E-state index contributed by atoms with van der Waals surface area (Å²) in [7, 11) is 0. The summed E-state index contributed by atoms with van der Waals surface area (Å²) in [5.41, 5.74) is 0. The molecule has 11 heavy (non-hydrogen) atoms. The molecule has 0 rings (SSSR count). The van der Waals surface area contributed by atoms with Crippen LogP contribution in [0, 0.1) is 0 Å². The molecule has 3 N–H and O–H groups in total. The van der Waals surface area contributed by atoms with E-state index in [1.165, 1.54) is 0 Å². The lowest BCUT2D eigenvalue weighted by molar-refractivity contribution is 0.0930. The summed E-state index contributed by atoms with van der Waals surface area (Å²) >= 11 is 1.76. The van der Waals surface area contributed by atoms with Crippen LogP contribution in [0.1, 0.15) is 6.92 Å². The summed E-state index contributed by atoms with van der Waals surface area (Å²) < 4.78 is 0. The van der Waals surface area contributed by atoms with Gasteiger partial charge in [-0.25, -0.2) is 0 Å². The second-order valence-corrected chi connectivity index (χ2v) is 3.51. The van der Waals surface area contributed by atoms with Crippen LogP contribution < -0.4 is 5.32 Å². The lowest BCUT2D eigenvalue weighted by Crippen LogP contribution is -2.36. The first-order chi connectivity index (χ1) is 5.20. The molecule has 0 aromatic carbocycles. The highest BCUT2D eigenvalue weighted by molar-refractivity contribution is 7.98. The first-order valence-corrected chi connectivity index (χ1v) is 5.11. The molecule has 0 aromatic rings. The first-order valence-electron chi connectivity index (χ1n) is 3.72. The summed E-state index contributed by atoms with van der Waals surface area (Å²) in [6.07, 6.45) is 1.42. The van der Waals surface area contributed by atoms with Gasteiger partial charge in [0.25, 0.3) is 0 Å². The highest BCUT2D eigenvalue weighted by Gasteiger charge is 2.04. The fourth-order valence-corrected chi connectivity index (χ4v) is 1.33. The molecule has 0 aliphatic rings. The lowest BCUT2D eigenvalue weighted by atomic mass is 10.3. The Balaban J connectivity index is 3.22. The van der Waals surface area contributed by atoms with Crippen LogP contribution in [0.15, 0.2) is 0 Å². The van der Waals surface area contributed by atoms with Crippen molar-refractivity contribution in [3.05, 3.63) is 0 Å². The smallest absolute Gasteiger partial charge is 0.0895 e. The number of nitrogens with one attached hydrogen (secondary N) is 1. The van der Waals surface area contributed by atoms with Crippen LogP contribution in [-0.4, -0.2) is 47.5 Å². The van der Waals surface area contributed by atoms with Crippen molar-refractivity contribution < 1.29 is 10.2 Å². The van der Waals surface area contributed by atoms with Crippen LogP contribution in [0.5, 0.6) is 0 Å². The van der Waals surface area contributed by atoms with Crippen molar-refractivity contribution in [1.82, 2.24) is 5.32 Å². The second-order valence-electron chi connectivity index (χ2n) is 2.60. The van der Waals surface area contributed by atoms with Crippen LogP contribution in [-0.2, 0) is 0 Å². The van der Waals surface area contributed by atoms with Gasteiger partial charge < -0.3 is 15.5 Å². The van der Waals surface area contributed by atoms with E-state index < -0.39 is 6.10 Å². The summed E-state index contributed by atoms with van der Waals surface area (Å²) in [5.74, 6) is 1.03. The van der Waals surface area contributed by atoms with Crippen LogP contribution >= 0.6 is 11.8 Å². The van der Waals surface area contributed by atoms with E-state index in [-0.39, 0.29) is 6.61 Å². The molecule has 68 valence electrons. The van der Waals surface area contributed by atoms with E-state index in [9.17, 15) is 0 Å². The molecule has 0 fully saturated rings. The number of hydrogen-bond acceptors (Lipinski definition) is 4. The highest BCUT2D eigenvalue weighted by Crippen LogP contribution is 1.95. The van der Waals surface area contributed by atoms with E-state index in [0.717, 1.165) is 5.75 Å². The van der Waals surface area contributed by atoms with E-state index in [0.29, 0.717) is 12.6 Å². The zero-order valence-electron chi connectivity index (χ0n) is 7.08. The first kappa shape index (κ1) is 11.2. The minimum Gasteiger partial charge on any atom is -0.394 e. The number of aliphatic hydroxyl groups is 2. The molecule has 0 amide bonds. The summed E-state index contributed by atoms with van der Waals surface area (Å²) in [6, 6.07) is 0.395. The minimum atomic E-state index is -0.626. The Bertz CT molecular complexity index is 92.5. The maximum Gasteiger partial charge on any atom is 0.0895 e. The van der Waals surface area contributed by atoms with E-state index in [4.69, 9.17) is 10.2 Å². The van der Waals surface area contributed by atoms with Crippen molar-refractivity contribution in [2.24, 2.45) is 0 Å². The fourth-order valence-electron chi connectivity index (χ4n) is 0.711. The van der Waals surface area contributed by atoms with Gasteiger partial charge in [-0.1, -0.05) is 0 Å². The molecule has 2 atom stereocenters. The number of aliphatic hydroxyl groups excluding tert-OH is 2. The van der Waals surface area contributed by atoms with Gasteiger partial charge in [0.1, 0.15) is 0 Å². The predicted molar refractivity (Wildman–Crippen MR) is 48.9 cm³/mol. The van der Waals surface area contributed by atoms with Gasteiger partial charge >= 0.3 is 0 Å². The Kier molecular flexibility index (Phi) is 7.06. The third kappa shape index (κ3) is 6.62. The average molecular weight is 179 g/mol. The molecular weight excluding hydrogens is 162 g/mol. The summed E-state index contributed by atoms with van der Waals surface area (Å²) in [6.45, 7) is 2.36. The monoisotopic (exact) mass is 179 g/mol. The zero-order chi connectivity index (χ0) is 8.69. The van der Waals surface area contributed by atoms with E-state index in [1.54, 1.807) is 11.8 Å². The Hall–Kier alpha value is 0.230. The summed E-state index contributed by atoms with van der Waals surface area (Å²) in [4.78, 5) is 0. The standard InChI is InChI=1S/C7H17NO2S/c1-6(5-11-2)8-3-7(10)4-9/h6-10H,3-5H2,1-2H3/t6?,7-/m0/s1. The van der Waals surface area contributed by atoms with Gasteiger partial charge in [0.2, 0.25) is 0 Å². The molecule has 0 aliphatic heterocycles. The zero-order valence-corrected chi connectivity index (χ0v) is 7.90. The largest absolute Gasteiger partial charge is 0.394 e. The molecule has 0 aromatic heterocycles. The van der Waals surface area contributed by atoms with Gasteiger partial charge in [0, 0.05) is 18.3 Å². The van der Waals surface area contributed by atoms with Crippen molar-refractivity contribution in [3.63, 3.8) is 0 Å². The van der Waals surface area contributed by atoms with Crippen LogP contribution in [0.25, 0.3) is 0 Å². The molecule has 3 nitrogen and oxygen atoms in total. The number of thioether (sulfide) groups is 1. The topological polar surface area (TPSA) is 52.5 Å². The van der Waals surface area contributed by atoms with Gasteiger partial charge in [-0.15, -0.1) is 0 Å². The summed E-state index contributed by atoms with van der Waals surface area (Å²) in [5, 5.41) is 20.5. The van der Waals surface area contributed by atoms with E-state index in [2.05, 4.69) is 12.2 Å². The van der Waals surface area contributed by atoms with Crippen molar-refractivity contribution in [2.45, 2.75) is 19.1 Å². The quantitative estimate of drug-likeness (QED) is 0.523. The molecule has 0 aliphatic carbocycles. The fraction of sp³-hybridized carbons (Fsp3) is 1.00. The molecule has 0 spiro atoms. The van der Waals surface area contributed by atoms with Crippen molar-refractivity contribution >= 4 is 11.8 Å². The van der Waals surface area contributed by atoms with E-state index >= 15 is 0 Å². The SMILES string of the molecule is CSCC(C)NC[C@H](O)CO. The maximum absolute atomic E-state index is 8.96. The van der Waals surface area contributed by atoms with Crippen molar-refractivity contribution in [3.8, 4) is 0 Å². The average Bonchev–Trinajstić information content (AvgIpc) is 2.01. The van der Waals surface area contributed by atoms with Gasteiger partial charge in [-0.05, 0) is 13.2 Å². The Labute approximate surface area is 72.2 Å². The minimum absolute atomic E-state index is 0.168. The van der Waals surface area contributed by atoms with E-state index in [1.807, 2.05) is 6.26 Å². The third-order valence-electron chi connectivity index (χ3n) is 1.33. The molecule has 0 bridgehead atoms. The normalized spacial score (nSPS) is 16.4. The molecule has 0 radical (unpaired) electrons. The molecule has 0 heterocycles. The Morgan fingerprint density at radius 1 is 1.55 bits per heavy atom. The number of hydrogen-bond donors (Lipinski definition) is 3. The van der Waals surface area contributed by atoms with Crippen LogP contribution in [0.4, 0.5) is 0 Å². The van der Waals surface area contributed by atoms with Crippen molar-refractivity contribution in [2.75, 3.05) is 25.2 Å². The van der Waals surface area contributed by atoms with Crippen molar-refractivity contribution in [1.29, 1.82) is 0 Å². The van der Waals surface area contributed by atoms with Crippen LogP contribution in [0.3, 0.4) is 0 Å². The van der Waals surface area contributed by atoms with Gasteiger partial charge in [-0.2, -0.15) is 11.8 Å². The van der Waals surface area contributed by atoms with Crippen LogP contribution in [0.2, 0.25) is 0 Å². The number of rotatable bonds is 6. The maximum atomic E-state index is 8.96. The molecule has 4 heteroatoms. The molecular formula is C7H17NO2S. The third-order valence-corrected chi connectivity index (χ3v) is 2.16. The van der Waals surface area contributed by atoms with Gasteiger partial charge in [0.05, 0.1) is 12.7 Å². The van der Waals surface area contributed by atoms with Gasteiger partial charge in [-0.3, -0.25) is 0 Å². The molecule has 0 saturated heterocycles. The molecule has 0 saturated carbocycles. The van der Waals surface area contributed by atoms with Gasteiger partial charge in [0.15, 0.2) is 0 Å². The lowest BCUT2D eigenvalue weighted by Gasteiger charge is -2.14. The second kappa shape index (κ2) is 6.91. The molecule has 1 unspecified atom stereocenters. The Morgan fingerprint density at radius 3 is 2.64 bits per heavy atom. The Morgan fingerprint density at radius 2 is 2.18 bits per heavy atom.